The number of rotatable bonds is 5. The molecule has 4 aromatic rings. The van der Waals surface area contributed by atoms with Crippen LogP contribution in [-0.4, -0.2) is 15.0 Å². The standard InChI is InChI=1S/C24H24N4O/c1-15(2)7-8-17-5-4-6-19(14-17)29-21-10-9-18(13-16(21)3)24-27-20-11-12-26-22(20)23(25)28-24/h4-15,26H,1-3H3,(H2,25,27,28). The van der Waals surface area contributed by atoms with Crippen molar-refractivity contribution in [3.63, 3.8) is 0 Å². The van der Waals surface area contributed by atoms with Gasteiger partial charge in [-0.25, -0.2) is 9.97 Å². The van der Waals surface area contributed by atoms with Crippen molar-refractivity contribution in [2.45, 2.75) is 20.8 Å². The maximum atomic E-state index is 6.12. The number of hydrogen-bond donors (Lipinski definition) is 2. The molecule has 0 aliphatic carbocycles. The van der Waals surface area contributed by atoms with E-state index in [1.807, 2.05) is 55.6 Å². The molecule has 2 heterocycles. The summed E-state index contributed by atoms with van der Waals surface area (Å²) in [6.07, 6.45) is 6.10. The van der Waals surface area contributed by atoms with Crippen LogP contribution in [0.25, 0.3) is 28.5 Å². The Labute approximate surface area is 170 Å². The molecule has 146 valence electrons. The molecule has 0 amide bonds. The van der Waals surface area contributed by atoms with Gasteiger partial charge >= 0.3 is 0 Å². The molecule has 3 N–H and O–H groups in total. The molecular formula is C24H24N4O. The number of benzene rings is 2. The average molecular weight is 384 g/mol. The molecule has 0 radical (unpaired) electrons. The zero-order valence-electron chi connectivity index (χ0n) is 16.8. The van der Waals surface area contributed by atoms with Crippen LogP contribution in [0.5, 0.6) is 11.5 Å². The zero-order chi connectivity index (χ0) is 20.4. The van der Waals surface area contributed by atoms with E-state index in [0.29, 0.717) is 17.6 Å². The van der Waals surface area contributed by atoms with Crippen molar-refractivity contribution in [1.29, 1.82) is 0 Å². The smallest absolute Gasteiger partial charge is 0.162 e. The number of nitrogen functional groups attached to an aromatic ring is 1. The number of aryl methyl sites for hydroxylation is 1. The van der Waals surface area contributed by atoms with E-state index in [0.717, 1.165) is 39.2 Å². The van der Waals surface area contributed by atoms with E-state index < -0.39 is 0 Å². The number of nitrogens with zero attached hydrogens (tertiary/aromatic N) is 2. The van der Waals surface area contributed by atoms with E-state index in [1.54, 1.807) is 0 Å². The highest BCUT2D eigenvalue weighted by molar-refractivity contribution is 5.86. The molecule has 0 aliphatic rings. The van der Waals surface area contributed by atoms with Gasteiger partial charge in [-0.1, -0.05) is 38.1 Å². The lowest BCUT2D eigenvalue weighted by Crippen LogP contribution is -1.97. The molecular weight excluding hydrogens is 360 g/mol. The highest BCUT2D eigenvalue weighted by Crippen LogP contribution is 2.30. The summed E-state index contributed by atoms with van der Waals surface area (Å²) >= 11 is 0. The van der Waals surface area contributed by atoms with Crippen molar-refractivity contribution in [3.05, 3.63) is 71.9 Å². The van der Waals surface area contributed by atoms with E-state index in [9.17, 15) is 0 Å². The topological polar surface area (TPSA) is 76.8 Å². The van der Waals surface area contributed by atoms with Crippen molar-refractivity contribution in [2.75, 3.05) is 5.73 Å². The Morgan fingerprint density at radius 1 is 1.07 bits per heavy atom. The van der Waals surface area contributed by atoms with Crippen molar-refractivity contribution in [2.24, 2.45) is 5.92 Å². The van der Waals surface area contributed by atoms with Crippen LogP contribution in [0.1, 0.15) is 25.0 Å². The van der Waals surface area contributed by atoms with E-state index in [4.69, 9.17) is 10.5 Å². The summed E-state index contributed by atoms with van der Waals surface area (Å²) in [6, 6.07) is 15.9. The van der Waals surface area contributed by atoms with Gasteiger partial charge in [-0.15, -0.1) is 0 Å². The van der Waals surface area contributed by atoms with E-state index >= 15 is 0 Å². The molecule has 5 nitrogen and oxygen atoms in total. The Morgan fingerprint density at radius 2 is 1.93 bits per heavy atom. The highest BCUT2D eigenvalue weighted by Gasteiger charge is 2.10. The minimum Gasteiger partial charge on any atom is -0.457 e. The van der Waals surface area contributed by atoms with Gasteiger partial charge in [0.05, 0.1) is 5.52 Å². The van der Waals surface area contributed by atoms with Crippen LogP contribution in [0.15, 0.2) is 60.8 Å². The predicted octanol–water partition coefficient (Wildman–Crippen LogP) is 5.98. The molecule has 4 rings (SSSR count). The molecule has 0 bridgehead atoms. The normalized spacial score (nSPS) is 11.6. The lowest BCUT2D eigenvalue weighted by atomic mass is 10.1. The van der Waals surface area contributed by atoms with Gasteiger partial charge in [0.15, 0.2) is 11.6 Å². The largest absolute Gasteiger partial charge is 0.457 e. The zero-order valence-corrected chi connectivity index (χ0v) is 16.8. The monoisotopic (exact) mass is 384 g/mol. The number of fused-ring (bicyclic) bond motifs is 1. The Bertz CT molecular complexity index is 1190. The van der Waals surface area contributed by atoms with Gasteiger partial charge in [0.1, 0.15) is 17.0 Å². The van der Waals surface area contributed by atoms with Crippen molar-refractivity contribution < 1.29 is 4.74 Å². The van der Waals surface area contributed by atoms with Crippen molar-refractivity contribution >= 4 is 22.9 Å². The third-order valence-corrected chi connectivity index (χ3v) is 4.63. The Balaban J connectivity index is 1.60. The average Bonchev–Trinajstić information content (AvgIpc) is 3.17. The van der Waals surface area contributed by atoms with Gasteiger partial charge in [0.25, 0.3) is 0 Å². The third kappa shape index (κ3) is 4.14. The van der Waals surface area contributed by atoms with Gasteiger partial charge < -0.3 is 15.5 Å². The second-order valence-electron chi connectivity index (χ2n) is 7.43. The molecule has 2 aromatic carbocycles. The van der Waals surface area contributed by atoms with Gasteiger partial charge in [-0.2, -0.15) is 0 Å². The van der Waals surface area contributed by atoms with E-state index in [-0.39, 0.29) is 0 Å². The first-order valence-corrected chi connectivity index (χ1v) is 9.67. The molecule has 0 atom stereocenters. The minimum absolute atomic E-state index is 0.444. The fraction of sp³-hybridized carbons (Fsp3) is 0.167. The minimum atomic E-state index is 0.444. The Hall–Kier alpha value is -3.60. The molecule has 5 heteroatoms. The van der Waals surface area contributed by atoms with Crippen LogP contribution in [-0.2, 0) is 0 Å². The SMILES string of the molecule is Cc1cc(-c2nc(N)c3[nH]ccc3n2)ccc1Oc1cccc(C=CC(C)C)c1. The molecule has 0 saturated carbocycles. The molecule has 2 aromatic heterocycles. The molecule has 0 spiro atoms. The highest BCUT2D eigenvalue weighted by atomic mass is 16.5. The lowest BCUT2D eigenvalue weighted by molar-refractivity contribution is 0.479. The van der Waals surface area contributed by atoms with Crippen molar-refractivity contribution in [3.8, 4) is 22.9 Å². The summed E-state index contributed by atoms with van der Waals surface area (Å²) < 4.78 is 6.12. The molecule has 29 heavy (non-hydrogen) atoms. The number of aromatic nitrogens is 3. The predicted molar refractivity (Wildman–Crippen MR) is 119 cm³/mol. The van der Waals surface area contributed by atoms with E-state index in [2.05, 4.69) is 47.0 Å². The lowest BCUT2D eigenvalue weighted by Gasteiger charge is -2.11. The first-order chi connectivity index (χ1) is 14.0. The van der Waals surface area contributed by atoms with Crippen LogP contribution in [0.3, 0.4) is 0 Å². The second-order valence-corrected chi connectivity index (χ2v) is 7.43. The Morgan fingerprint density at radius 3 is 2.72 bits per heavy atom. The van der Waals surface area contributed by atoms with Gasteiger partial charge in [0, 0.05) is 11.8 Å². The summed E-state index contributed by atoms with van der Waals surface area (Å²) in [5.74, 6) is 3.16. The number of allylic oxidation sites excluding steroid dienone is 1. The first kappa shape index (κ1) is 18.7. The number of ether oxygens (including phenoxy) is 1. The van der Waals surface area contributed by atoms with Crippen molar-refractivity contribution in [1.82, 2.24) is 15.0 Å². The maximum absolute atomic E-state index is 6.12. The van der Waals surface area contributed by atoms with E-state index in [1.165, 1.54) is 0 Å². The van der Waals surface area contributed by atoms with Crippen LogP contribution in [0.2, 0.25) is 0 Å². The number of nitrogens with one attached hydrogen (secondary N) is 1. The van der Waals surface area contributed by atoms with Crippen LogP contribution >= 0.6 is 0 Å². The summed E-state index contributed by atoms with van der Waals surface area (Å²) in [5, 5.41) is 0. The van der Waals surface area contributed by atoms with Crippen LogP contribution < -0.4 is 10.5 Å². The number of aromatic amines is 1. The molecule has 0 unspecified atom stereocenters. The molecule has 0 aliphatic heterocycles. The van der Waals surface area contributed by atoms with Gasteiger partial charge in [-0.05, 0) is 60.4 Å². The molecule has 0 fully saturated rings. The summed E-state index contributed by atoms with van der Waals surface area (Å²) in [4.78, 5) is 12.1. The fourth-order valence-electron chi connectivity index (χ4n) is 3.11. The second kappa shape index (κ2) is 7.80. The van der Waals surface area contributed by atoms with Crippen LogP contribution in [0, 0.1) is 12.8 Å². The van der Waals surface area contributed by atoms with Crippen LogP contribution in [0.4, 0.5) is 5.82 Å². The van der Waals surface area contributed by atoms with Gasteiger partial charge in [-0.3, -0.25) is 0 Å². The maximum Gasteiger partial charge on any atom is 0.162 e. The third-order valence-electron chi connectivity index (χ3n) is 4.63. The number of H-pyrrole nitrogens is 1. The van der Waals surface area contributed by atoms with Gasteiger partial charge in [0.2, 0.25) is 0 Å². The Kier molecular flexibility index (Phi) is 5.04. The summed E-state index contributed by atoms with van der Waals surface area (Å²) in [6.45, 7) is 6.33. The fourth-order valence-corrected chi connectivity index (χ4v) is 3.11. The first-order valence-electron chi connectivity index (χ1n) is 9.67. The number of anilines is 1. The quantitative estimate of drug-likeness (QED) is 0.444. The summed E-state index contributed by atoms with van der Waals surface area (Å²) in [5.41, 5.74) is 10.6. The number of hydrogen-bond acceptors (Lipinski definition) is 4. The summed E-state index contributed by atoms with van der Waals surface area (Å²) in [7, 11) is 0. The molecule has 0 saturated heterocycles. The number of nitrogens with two attached hydrogens (primary N) is 1.